The predicted molar refractivity (Wildman–Crippen MR) is 124 cm³/mol. The number of fused-ring (bicyclic) bond motifs is 1. The van der Waals surface area contributed by atoms with Crippen LogP contribution >= 0.6 is 0 Å². The third kappa shape index (κ3) is 3.60. The first kappa shape index (κ1) is 20.5. The van der Waals surface area contributed by atoms with Crippen molar-refractivity contribution in [3.05, 3.63) is 78.4 Å². The number of para-hydroxylation sites is 1. The Morgan fingerprint density at radius 3 is 2.34 bits per heavy atom. The van der Waals surface area contributed by atoms with Crippen molar-refractivity contribution in [2.45, 2.75) is 24.9 Å². The third-order valence-electron chi connectivity index (χ3n) is 6.87. The lowest BCUT2D eigenvalue weighted by Crippen LogP contribution is -2.56. The molecule has 6 heteroatoms. The topological polar surface area (TPSA) is 64.1 Å². The summed E-state index contributed by atoms with van der Waals surface area (Å²) in [6.07, 6.45) is 1.36. The van der Waals surface area contributed by atoms with Crippen LogP contribution in [0, 0.1) is 0 Å². The summed E-state index contributed by atoms with van der Waals surface area (Å²) >= 11 is 0. The second-order valence-electron chi connectivity index (χ2n) is 8.75. The van der Waals surface area contributed by atoms with E-state index < -0.39 is 11.5 Å². The Kier molecular flexibility index (Phi) is 5.31. The largest absolute Gasteiger partial charge is 0.480 e. The molecule has 0 unspecified atom stereocenters. The van der Waals surface area contributed by atoms with Gasteiger partial charge in [0.25, 0.3) is 5.91 Å². The summed E-state index contributed by atoms with van der Waals surface area (Å²) in [5, 5.41) is 11.8. The molecule has 0 aromatic heterocycles. The standard InChI is InChI=1S/C26H27N3O3/c30-24(31)18-28-19-29(22-10-2-1-3-11-22)26(25(28)32)13-15-27(16-14-26)17-21-9-6-8-20-7-4-5-12-23(20)21/h1-12H,13-19H2,(H,30,31). The van der Waals surface area contributed by atoms with Crippen molar-refractivity contribution in [2.75, 3.05) is 31.2 Å². The van der Waals surface area contributed by atoms with Gasteiger partial charge in [-0.25, -0.2) is 0 Å². The third-order valence-corrected chi connectivity index (χ3v) is 6.87. The predicted octanol–water partition coefficient (Wildman–Crippen LogP) is 3.57. The summed E-state index contributed by atoms with van der Waals surface area (Å²) in [6, 6.07) is 24.7. The Morgan fingerprint density at radius 1 is 0.906 bits per heavy atom. The van der Waals surface area contributed by atoms with Crippen LogP contribution in [0.5, 0.6) is 0 Å². The molecule has 0 atom stereocenters. The zero-order valence-electron chi connectivity index (χ0n) is 18.0. The van der Waals surface area contributed by atoms with Crippen molar-refractivity contribution < 1.29 is 14.7 Å². The number of carboxylic acids is 1. The molecule has 5 rings (SSSR count). The number of hydrogen-bond donors (Lipinski definition) is 1. The van der Waals surface area contributed by atoms with Crippen LogP contribution in [0.3, 0.4) is 0 Å². The quantitative estimate of drug-likeness (QED) is 0.672. The van der Waals surface area contributed by atoms with Crippen molar-refractivity contribution in [3.63, 3.8) is 0 Å². The zero-order chi connectivity index (χ0) is 22.1. The highest BCUT2D eigenvalue weighted by molar-refractivity contribution is 5.95. The monoisotopic (exact) mass is 429 g/mol. The average molecular weight is 430 g/mol. The molecule has 32 heavy (non-hydrogen) atoms. The number of aliphatic carboxylic acids is 1. The van der Waals surface area contributed by atoms with E-state index in [1.165, 1.54) is 21.2 Å². The lowest BCUT2D eigenvalue weighted by molar-refractivity contribution is -0.144. The van der Waals surface area contributed by atoms with Crippen LogP contribution < -0.4 is 4.90 Å². The van der Waals surface area contributed by atoms with Crippen LogP contribution in [0.1, 0.15) is 18.4 Å². The molecule has 0 aliphatic carbocycles. The lowest BCUT2D eigenvalue weighted by Gasteiger charge is -2.43. The van der Waals surface area contributed by atoms with Crippen LogP contribution in [0.25, 0.3) is 10.8 Å². The highest BCUT2D eigenvalue weighted by Crippen LogP contribution is 2.39. The number of amides is 1. The fourth-order valence-corrected chi connectivity index (χ4v) is 5.24. The van der Waals surface area contributed by atoms with E-state index in [2.05, 4.69) is 52.3 Å². The maximum Gasteiger partial charge on any atom is 0.323 e. The lowest BCUT2D eigenvalue weighted by atomic mass is 9.85. The summed E-state index contributed by atoms with van der Waals surface area (Å²) in [4.78, 5) is 30.8. The molecule has 1 spiro atoms. The van der Waals surface area contributed by atoms with Gasteiger partial charge in [0.05, 0.1) is 6.67 Å². The molecule has 0 saturated carbocycles. The molecule has 2 heterocycles. The van der Waals surface area contributed by atoms with E-state index in [9.17, 15) is 14.7 Å². The van der Waals surface area contributed by atoms with Crippen LogP contribution in [-0.2, 0) is 16.1 Å². The van der Waals surface area contributed by atoms with E-state index in [0.717, 1.165) is 25.3 Å². The fourth-order valence-electron chi connectivity index (χ4n) is 5.24. The first-order chi connectivity index (χ1) is 15.6. The number of carbonyl (C=O) groups is 2. The number of nitrogens with zero attached hydrogens (tertiary/aromatic N) is 3. The SMILES string of the molecule is O=C(O)CN1CN(c2ccccc2)C2(CCN(Cc3cccc4ccccc34)CC2)C1=O. The number of carboxylic acid groups (broad SMARTS) is 1. The van der Waals surface area contributed by atoms with Crippen molar-refractivity contribution in [3.8, 4) is 0 Å². The molecule has 3 aromatic carbocycles. The second kappa shape index (κ2) is 8.28. The number of piperidine rings is 1. The number of likely N-dealkylation sites (tertiary alicyclic amines) is 1. The van der Waals surface area contributed by atoms with Crippen molar-refractivity contribution in [1.29, 1.82) is 0 Å². The minimum absolute atomic E-state index is 0.0615. The first-order valence-corrected chi connectivity index (χ1v) is 11.1. The van der Waals surface area contributed by atoms with Gasteiger partial charge in [-0.2, -0.15) is 0 Å². The Bertz CT molecular complexity index is 1130. The molecular formula is C26H27N3O3. The maximum absolute atomic E-state index is 13.4. The zero-order valence-corrected chi connectivity index (χ0v) is 18.0. The van der Waals surface area contributed by atoms with Gasteiger partial charge in [0.15, 0.2) is 0 Å². The Hall–Kier alpha value is -3.38. The van der Waals surface area contributed by atoms with Gasteiger partial charge in [-0.1, -0.05) is 60.7 Å². The molecule has 164 valence electrons. The van der Waals surface area contributed by atoms with Crippen molar-refractivity contribution >= 4 is 28.3 Å². The Labute approximate surface area is 187 Å². The van der Waals surface area contributed by atoms with E-state index in [4.69, 9.17) is 0 Å². The van der Waals surface area contributed by atoms with Gasteiger partial charge in [0, 0.05) is 25.3 Å². The smallest absolute Gasteiger partial charge is 0.323 e. The molecule has 1 amide bonds. The summed E-state index contributed by atoms with van der Waals surface area (Å²) in [6.45, 7) is 2.48. The molecule has 2 fully saturated rings. The van der Waals surface area contributed by atoms with Gasteiger partial charge < -0.3 is 14.9 Å². The summed E-state index contributed by atoms with van der Waals surface area (Å²) in [5.41, 5.74) is 1.59. The van der Waals surface area contributed by atoms with E-state index in [-0.39, 0.29) is 12.5 Å². The normalized spacial score (nSPS) is 18.6. The van der Waals surface area contributed by atoms with E-state index >= 15 is 0 Å². The number of benzene rings is 3. The molecule has 1 N–H and O–H groups in total. The van der Waals surface area contributed by atoms with Gasteiger partial charge in [-0.15, -0.1) is 0 Å². The first-order valence-electron chi connectivity index (χ1n) is 11.1. The minimum atomic E-state index is -0.975. The highest BCUT2D eigenvalue weighted by atomic mass is 16.4. The van der Waals surface area contributed by atoms with E-state index in [1.54, 1.807) is 0 Å². The number of carbonyl (C=O) groups excluding carboxylic acids is 1. The summed E-state index contributed by atoms with van der Waals surface area (Å²) in [7, 11) is 0. The van der Waals surface area contributed by atoms with E-state index in [1.807, 2.05) is 30.3 Å². The van der Waals surface area contributed by atoms with Crippen molar-refractivity contribution in [1.82, 2.24) is 9.80 Å². The van der Waals surface area contributed by atoms with Crippen molar-refractivity contribution in [2.24, 2.45) is 0 Å². The van der Waals surface area contributed by atoms with Gasteiger partial charge in [0.1, 0.15) is 12.1 Å². The highest BCUT2D eigenvalue weighted by Gasteiger charge is 2.53. The van der Waals surface area contributed by atoms with Crippen LogP contribution in [0.15, 0.2) is 72.8 Å². The van der Waals surface area contributed by atoms with Crippen LogP contribution in [-0.4, -0.2) is 58.6 Å². The van der Waals surface area contributed by atoms with Gasteiger partial charge in [0.2, 0.25) is 0 Å². The molecular weight excluding hydrogens is 402 g/mol. The minimum Gasteiger partial charge on any atom is -0.480 e. The Morgan fingerprint density at radius 2 is 1.59 bits per heavy atom. The summed E-state index contributed by atoms with van der Waals surface area (Å²) < 4.78 is 0. The van der Waals surface area contributed by atoms with Crippen LogP contribution in [0.2, 0.25) is 0 Å². The Balaban J connectivity index is 1.38. The molecule has 2 aliphatic heterocycles. The summed E-state index contributed by atoms with van der Waals surface area (Å²) in [5.74, 6) is -1.04. The fraction of sp³-hybridized carbons (Fsp3) is 0.308. The molecule has 2 aliphatic rings. The van der Waals surface area contributed by atoms with Gasteiger partial charge >= 0.3 is 5.97 Å². The molecule has 3 aromatic rings. The number of rotatable bonds is 5. The molecule has 2 saturated heterocycles. The van der Waals surface area contributed by atoms with Gasteiger partial charge in [-0.05, 0) is 41.3 Å². The average Bonchev–Trinajstić information content (AvgIpc) is 3.07. The number of hydrogen-bond acceptors (Lipinski definition) is 4. The maximum atomic E-state index is 13.4. The molecule has 6 nitrogen and oxygen atoms in total. The van der Waals surface area contributed by atoms with Crippen LogP contribution in [0.4, 0.5) is 5.69 Å². The van der Waals surface area contributed by atoms with Gasteiger partial charge in [-0.3, -0.25) is 14.5 Å². The molecule has 0 radical (unpaired) electrons. The second-order valence-corrected chi connectivity index (χ2v) is 8.75. The molecule has 0 bridgehead atoms. The van der Waals surface area contributed by atoms with E-state index in [0.29, 0.717) is 19.5 Å². The number of anilines is 1.